The lowest BCUT2D eigenvalue weighted by atomic mass is 10.0. The van der Waals surface area contributed by atoms with E-state index in [1.165, 1.54) is 0 Å². The van der Waals surface area contributed by atoms with Crippen molar-refractivity contribution in [1.29, 1.82) is 0 Å². The van der Waals surface area contributed by atoms with Crippen molar-refractivity contribution in [2.45, 2.75) is 52.2 Å². The number of aryl methyl sites for hydroxylation is 3. The van der Waals surface area contributed by atoms with Gasteiger partial charge in [0.1, 0.15) is 11.3 Å². The Balaban J connectivity index is 1.47. The Morgan fingerprint density at radius 3 is 2.97 bits per heavy atom. The number of amides is 1. The first-order chi connectivity index (χ1) is 14.0. The highest BCUT2D eigenvalue weighted by Crippen LogP contribution is 2.35. The average Bonchev–Trinajstić information content (AvgIpc) is 3.36. The third-order valence-electron chi connectivity index (χ3n) is 5.30. The molecule has 1 amide bonds. The molecular weight excluding hydrogens is 370 g/mol. The number of fused-ring (bicyclic) bond motifs is 3. The molecule has 1 aliphatic carbocycles. The predicted octanol–water partition coefficient (Wildman–Crippen LogP) is 2.76. The summed E-state index contributed by atoms with van der Waals surface area (Å²) in [6, 6.07) is 3.76. The summed E-state index contributed by atoms with van der Waals surface area (Å²) in [5.41, 5.74) is 2.92. The molecule has 152 valence electrons. The molecule has 7 nitrogen and oxygen atoms in total. The first-order valence-electron chi connectivity index (χ1n) is 10.0. The van der Waals surface area contributed by atoms with Crippen LogP contribution in [-0.4, -0.2) is 28.1 Å². The van der Waals surface area contributed by atoms with Crippen molar-refractivity contribution in [1.82, 2.24) is 14.9 Å². The minimum Gasteiger partial charge on any atom is -0.480 e. The normalized spacial score (nSPS) is 14.0. The van der Waals surface area contributed by atoms with E-state index in [-0.39, 0.29) is 11.5 Å². The van der Waals surface area contributed by atoms with Gasteiger partial charge in [0, 0.05) is 31.0 Å². The van der Waals surface area contributed by atoms with Crippen molar-refractivity contribution in [3.05, 3.63) is 58.0 Å². The van der Waals surface area contributed by atoms with Gasteiger partial charge in [-0.2, -0.15) is 0 Å². The summed E-state index contributed by atoms with van der Waals surface area (Å²) in [7, 11) is 0. The summed E-state index contributed by atoms with van der Waals surface area (Å²) in [6.45, 7) is 5.01. The van der Waals surface area contributed by atoms with Gasteiger partial charge < -0.3 is 19.0 Å². The molecule has 0 fully saturated rings. The zero-order valence-electron chi connectivity index (χ0n) is 16.7. The fourth-order valence-electron chi connectivity index (χ4n) is 3.88. The highest BCUT2D eigenvalue weighted by atomic mass is 16.5. The second-order valence-electron chi connectivity index (χ2n) is 7.54. The summed E-state index contributed by atoms with van der Waals surface area (Å²) in [5.74, 6) is 0.433. The van der Waals surface area contributed by atoms with Crippen LogP contribution in [0.5, 0.6) is 5.75 Å². The van der Waals surface area contributed by atoms with Crippen molar-refractivity contribution < 1.29 is 13.9 Å². The van der Waals surface area contributed by atoms with E-state index in [4.69, 9.17) is 9.15 Å². The maximum atomic E-state index is 12.5. The summed E-state index contributed by atoms with van der Waals surface area (Å²) in [5, 5.41) is 3.74. The quantitative estimate of drug-likeness (QED) is 0.491. The molecular formula is C22H25N3O4. The molecule has 1 aliphatic rings. The first-order valence-corrected chi connectivity index (χ1v) is 10.0. The lowest BCUT2D eigenvalue weighted by Crippen LogP contribution is -2.37. The Labute approximate surface area is 168 Å². The number of carbonyl (C=O) groups is 1. The highest BCUT2D eigenvalue weighted by Gasteiger charge is 2.24. The second kappa shape index (κ2) is 8.11. The average molecular weight is 395 g/mol. The number of benzene rings is 1. The van der Waals surface area contributed by atoms with Crippen LogP contribution in [-0.2, 0) is 24.2 Å². The molecule has 0 saturated heterocycles. The van der Waals surface area contributed by atoms with E-state index in [2.05, 4.69) is 10.3 Å². The SMILES string of the molecule is Cc1cc(O[C@@H](C)C(=O)NCCCn2ccnc2)c2c3c(c(=O)oc2c1)CCC3. The Morgan fingerprint density at radius 2 is 2.17 bits per heavy atom. The van der Waals surface area contributed by atoms with Gasteiger partial charge in [0.15, 0.2) is 6.10 Å². The van der Waals surface area contributed by atoms with E-state index in [0.717, 1.165) is 54.3 Å². The molecule has 2 aromatic heterocycles. The van der Waals surface area contributed by atoms with Crippen molar-refractivity contribution in [3.8, 4) is 5.75 Å². The zero-order chi connectivity index (χ0) is 20.4. The van der Waals surface area contributed by atoms with Gasteiger partial charge in [0.2, 0.25) is 0 Å². The number of hydrogen-bond donors (Lipinski definition) is 1. The lowest BCUT2D eigenvalue weighted by Gasteiger charge is -2.18. The van der Waals surface area contributed by atoms with Crippen molar-refractivity contribution in [2.24, 2.45) is 0 Å². The van der Waals surface area contributed by atoms with Crippen LogP contribution in [0.25, 0.3) is 11.0 Å². The first kappa shape index (κ1) is 19.2. The molecule has 0 spiro atoms. The molecule has 2 heterocycles. The molecule has 0 saturated carbocycles. The van der Waals surface area contributed by atoms with Gasteiger partial charge in [0.25, 0.3) is 5.91 Å². The van der Waals surface area contributed by atoms with Crippen LogP contribution >= 0.6 is 0 Å². The molecule has 1 N–H and O–H groups in total. The van der Waals surface area contributed by atoms with Gasteiger partial charge in [-0.25, -0.2) is 9.78 Å². The number of ether oxygens (including phenoxy) is 1. The van der Waals surface area contributed by atoms with Crippen LogP contribution in [0, 0.1) is 6.92 Å². The van der Waals surface area contributed by atoms with Crippen LogP contribution < -0.4 is 15.7 Å². The fourth-order valence-corrected chi connectivity index (χ4v) is 3.88. The van der Waals surface area contributed by atoms with Gasteiger partial charge in [0.05, 0.1) is 11.7 Å². The van der Waals surface area contributed by atoms with Gasteiger partial charge in [-0.1, -0.05) is 0 Å². The molecule has 0 bridgehead atoms. The standard InChI is InChI=1S/C22H25N3O4/c1-14-11-18(20-16-5-3-6-17(16)22(27)29-19(20)12-14)28-15(2)21(26)24-7-4-9-25-10-8-23-13-25/h8,10-13,15H,3-7,9H2,1-2H3,(H,24,26)/t15-/m0/s1. The summed E-state index contributed by atoms with van der Waals surface area (Å²) in [4.78, 5) is 28.7. The smallest absolute Gasteiger partial charge is 0.339 e. The van der Waals surface area contributed by atoms with Gasteiger partial charge >= 0.3 is 5.63 Å². The lowest BCUT2D eigenvalue weighted by molar-refractivity contribution is -0.127. The zero-order valence-corrected chi connectivity index (χ0v) is 16.7. The summed E-state index contributed by atoms with van der Waals surface area (Å²) < 4.78 is 13.6. The Hall–Kier alpha value is -3.09. The van der Waals surface area contributed by atoms with Crippen LogP contribution in [0.15, 0.2) is 40.1 Å². The number of carbonyl (C=O) groups excluding carboxylic acids is 1. The topological polar surface area (TPSA) is 86.4 Å². The van der Waals surface area contributed by atoms with E-state index in [1.807, 2.05) is 29.8 Å². The number of hydrogen-bond acceptors (Lipinski definition) is 5. The molecule has 0 aliphatic heterocycles. The van der Waals surface area contributed by atoms with Crippen molar-refractivity contribution >= 4 is 16.9 Å². The van der Waals surface area contributed by atoms with Crippen LogP contribution in [0.3, 0.4) is 0 Å². The number of aromatic nitrogens is 2. The maximum absolute atomic E-state index is 12.5. The van der Waals surface area contributed by atoms with Crippen molar-refractivity contribution in [2.75, 3.05) is 6.54 Å². The number of imidazole rings is 1. The summed E-state index contributed by atoms with van der Waals surface area (Å²) in [6.07, 6.45) is 8.03. The van der Waals surface area contributed by atoms with Crippen LogP contribution in [0.1, 0.15) is 36.5 Å². The molecule has 0 radical (unpaired) electrons. The molecule has 1 aromatic carbocycles. The highest BCUT2D eigenvalue weighted by molar-refractivity contribution is 5.89. The van der Waals surface area contributed by atoms with Gasteiger partial charge in [-0.15, -0.1) is 0 Å². The van der Waals surface area contributed by atoms with E-state index in [0.29, 0.717) is 17.9 Å². The van der Waals surface area contributed by atoms with E-state index in [1.54, 1.807) is 19.4 Å². The molecule has 0 unspecified atom stereocenters. The van der Waals surface area contributed by atoms with Crippen LogP contribution in [0.2, 0.25) is 0 Å². The predicted molar refractivity (Wildman–Crippen MR) is 109 cm³/mol. The van der Waals surface area contributed by atoms with Crippen molar-refractivity contribution in [3.63, 3.8) is 0 Å². The van der Waals surface area contributed by atoms with E-state index >= 15 is 0 Å². The Kier molecular flexibility index (Phi) is 5.38. The van der Waals surface area contributed by atoms with E-state index in [9.17, 15) is 9.59 Å². The number of rotatable bonds is 7. The second-order valence-corrected chi connectivity index (χ2v) is 7.54. The number of nitrogens with one attached hydrogen (secondary N) is 1. The van der Waals surface area contributed by atoms with Gasteiger partial charge in [-0.05, 0) is 62.8 Å². The molecule has 3 aromatic rings. The van der Waals surface area contributed by atoms with Crippen LogP contribution in [0.4, 0.5) is 0 Å². The van der Waals surface area contributed by atoms with E-state index < -0.39 is 6.10 Å². The van der Waals surface area contributed by atoms with Gasteiger partial charge in [-0.3, -0.25) is 4.79 Å². The Bertz CT molecular complexity index is 1090. The monoisotopic (exact) mass is 395 g/mol. The fraction of sp³-hybridized carbons (Fsp3) is 0.409. The third-order valence-corrected chi connectivity index (χ3v) is 5.30. The molecule has 7 heteroatoms. The minimum absolute atomic E-state index is 0.167. The largest absolute Gasteiger partial charge is 0.480 e. The summed E-state index contributed by atoms with van der Waals surface area (Å²) >= 11 is 0. The maximum Gasteiger partial charge on any atom is 0.339 e. The third kappa shape index (κ3) is 4.04. The molecule has 4 rings (SSSR count). The minimum atomic E-state index is -0.655. The molecule has 1 atom stereocenters. The number of nitrogens with zero attached hydrogens (tertiary/aromatic N) is 2. The Morgan fingerprint density at radius 1 is 1.34 bits per heavy atom. The molecule has 29 heavy (non-hydrogen) atoms.